The minimum atomic E-state index is -0.493. The molecule has 0 aromatic heterocycles. The molecule has 0 radical (unpaired) electrons. The number of rotatable bonds is 2. The van der Waals surface area contributed by atoms with E-state index in [-0.39, 0.29) is 29.4 Å². The Labute approximate surface area is 123 Å². The van der Waals surface area contributed by atoms with E-state index in [1.807, 2.05) is 6.92 Å². The third-order valence-electron chi connectivity index (χ3n) is 3.37. The van der Waals surface area contributed by atoms with Crippen LogP contribution in [0.2, 0.25) is 5.02 Å². The van der Waals surface area contributed by atoms with Gasteiger partial charge in [0.15, 0.2) is 0 Å². The molecule has 2 N–H and O–H groups in total. The molecule has 6 heteroatoms. The topological polar surface area (TPSA) is 46.3 Å². The van der Waals surface area contributed by atoms with Gasteiger partial charge in [0.2, 0.25) is 0 Å². The van der Waals surface area contributed by atoms with Gasteiger partial charge in [0.25, 0.3) is 5.91 Å². The smallest absolute Gasteiger partial charge is 0.254 e. The summed E-state index contributed by atoms with van der Waals surface area (Å²) in [4.78, 5) is 14.0. The fourth-order valence-electron chi connectivity index (χ4n) is 2.44. The van der Waals surface area contributed by atoms with E-state index >= 15 is 0 Å². The second-order valence-electron chi connectivity index (χ2n) is 4.80. The number of carbonyl (C=O) groups is 1. The number of carbonyl (C=O) groups excluding carboxylic acids is 1. The molecule has 0 spiro atoms. The monoisotopic (exact) mass is 306 g/mol. The van der Waals surface area contributed by atoms with E-state index in [2.05, 4.69) is 0 Å². The summed E-state index contributed by atoms with van der Waals surface area (Å²) < 4.78 is 13.2. The molecule has 2 atom stereocenters. The Morgan fingerprint density at radius 3 is 2.74 bits per heavy atom. The number of amides is 1. The maximum absolute atomic E-state index is 13.2. The third kappa shape index (κ3) is 3.59. The van der Waals surface area contributed by atoms with Crippen molar-refractivity contribution in [3.05, 3.63) is 34.6 Å². The van der Waals surface area contributed by atoms with Gasteiger partial charge in [0, 0.05) is 23.2 Å². The van der Waals surface area contributed by atoms with Gasteiger partial charge in [-0.3, -0.25) is 4.79 Å². The van der Waals surface area contributed by atoms with Gasteiger partial charge in [-0.05, 0) is 44.0 Å². The molecule has 1 aromatic rings. The molecular formula is C13H17Cl2FN2O. The van der Waals surface area contributed by atoms with Crippen LogP contribution >= 0.6 is 24.0 Å². The zero-order valence-corrected chi connectivity index (χ0v) is 12.2. The predicted octanol–water partition coefficient (Wildman–Crippen LogP) is 2.71. The Morgan fingerprint density at radius 2 is 2.21 bits per heavy atom. The van der Waals surface area contributed by atoms with Crippen LogP contribution in [-0.4, -0.2) is 29.9 Å². The summed E-state index contributed by atoms with van der Waals surface area (Å²) >= 11 is 5.76. The number of nitrogens with two attached hydrogens (primary N) is 1. The number of nitrogens with zero attached hydrogens (tertiary/aromatic N) is 1. The second kappa shape index (κ2) is 6.55. The van der Waals surface area contributed by atoms with Gasteiger partial charge in [-0.1, -0.05) is 11.6 Å². The van der Waals surface area contributed by atoms with Crippen LogP contribution in [0.4, 0.5) is 4.39 Å². The zero-order chi connectivity index (χ0) is 13.3. The maximum atomic E-state index is 13.2. The van der Waals surface area contributed by atoms with Gasteiger partial charge in [-0.15, -0.1) is 12.4 Å². The van der Waals surface area contributed by atoms with Gasteiger partial charge < -0.3 is 10.6 Å². The summed E-state index contributed by atoms with van der Waals surface area (Å²) in [5.74, 6) is -0.346. The van der Waals surface area contributed by atoms with Crippen LogP contribution in [0.1, 0.15) is 23.7 Å². The first kappa shape index (κ1) is 16.2. The Balaban J connectivity index is 0.00000180. The number of hydrogen-bond acceptors (Lipinski definition) is 2. The Morgan fingerprint density at radius 1 is 1.53 bits per heavy atom. The summed E-state index contributed by atoms with van der Waals surface area (Å²) in [5, 5.41) is 0.237. The van der Waals surface area contributed by atoms with Gasteiger partial charge in [-0.2, -0.15) is 0 Å². The minimum Gasteiger partial charge on any atom is -0.336 e. The van der Waals surface area contributed by atoms with Crippen LogP contribution in [0.15, 0.2) is 18.2 Å². The molecule has 1 aliphatic heterocycles. The molecule has 19 heavy (non-hydrogen) atoms. The van der Waals surface area contributed by atoms with Crippen molar-refractivity contribution >= 4 is 29.9 Å². The van der Waals surface area contributed by atoms with E-state index in [9.17, 15) is 9.18 Å². The maximum Gasteiger partial charge on any atom is 0.254 e. The zero-order valence-electron chi connectivity index (χ0n) is 10.6. The molecular weight excluding hydrogens is 290 g/mol. The molecule has 106 valence electrons. The van der Waals surface area contributed by atoms with Crippen LogP contribution in [-0.2, 0) is 0 Å². The highest BCUT2D eigenvalue weighted by atomic mass is 35.5. The fraction of sp³-hybridized carbons (Fsp3) is 0.462. The van der Waals surface area contributed by atoms with Crippen molar-refractivity contribution in [1.29, 1.82) is 0 Å². The van der Waals surface area contributed by atoms with E-state index in [1.165, 1.54) is 18.2 Å². The lowest BCUT2D eigenvalue weighted by Crippen LogP contribution is -2.34. The van der Waals surface area contributed by atoms with Crippen LogP contribution in [0.5, 0.6) is 0 Å². The third-order valence-corrected chi connectivity index (χ3v) is 3.58. The van der Waals surface area contributed by atoms with E-state index in [4.69, 9.17) is 17.3 Å². The first-order valence-electron chi connectivity index (χ1n) is 5.98. The van der Waals surface area contributed by atoms with Gasteiger partial charge in [0.1, 0.15) is 5.82 Å². The minimum absolute atomic E-state index is 0. The van der Waals surface area contributed by atoms with Crippen molar-refractivity contribution in [2.24, 2.45) is 11.7 Å². The molecule has 1 amide bonds. The number of likely N-dealkylation sites (tertiary alicyclic amines) is 1. The first-order chi connectivity index (χ1) is 8.51. The molecule has 1 heterocycles. The number of hydrogen-bond donors (Lipinski definition) is 1. The summed E-state index contributed by atoms with van der Waals surface area (Å²) in [6.07, 6.45) is 0.894. The highest BCUT2D eigenvalue weighted by molar-refractivity contribution is 6.31. The van der Waals surface area contributed by atoms with Crippen LogP contribution in [0.25, 0.3) is 0 Å². The van der Waals surface area contributed by atoms with Crippen molar-refractivity contribution in [2.75, 3.05) is 13.1 Å². The molecule has 0 saturated carbocycles. The highest BCUT2D eigenvalue weighted by Gasteiger charge is 2.32. The Hall–Kier alpha value is -0.840. The van der Waals surface area contributed by atoms with Gasteiger partial charge in [0.05, 0.1) is 0 Å². The van der Waals surface area contributed by atoms with E-state index in [1.54, 1.807) is 4.90 Å². The average Bonchev–Trinajstić information content (AvgIpc) is 2.68. The Bertz CT molecular complexity index is 450. The second-order valence-corrected chi connectivity index (χ2v) is 5.24. The molecule has 1 fully saturated rings. The lowest BCUT2D eigenvalue weighted by molar-refractivity contribution is 0.0743. The van der Waals surface area contributed by atoms with Crippen LogP contribution in [0, 0.1) is 11.7 Å². The van der Waals surface area contributed by atoms with Crippen molar-refractivity contribution < 1.29 is 9.18 Å². The van der Waals surface area contributed by atoms with Crippen molar-refractivity contribution in [2.45, 2.75) is 19.4 Å². The van der Waals surface area contributed by atoms with Crippen molar-refractivity contribution in [1.82, 2.24) is 4.90 Å². The quantitative estimate of drug-likeness (QED) is 0.913. The standard InChI is InChI=1S/C13H16ClFN2O.ClH/c1-8-2-9(6-16)7-17(8)13(18)10-3-11(14)5-12(15)4-10;/h3-5,8-9H,2,6-7,16H2,1H3;1H. The highest BCUT2D eigenvalue weighted by Crippen LogP contribution is 2.25. The fourth-order valence-corrected chi connectivity index (χ4v) is 2.66. The Kier molecular flexibility index (Phi) is 5.59. The average molecular weight is 307 g/mol. The number of benzene rings is 1. The largest absolute Gasteiger partial charge is 0.336 e. The molecule has 2 unspecified atom stereocenters. The summed E-state index contributed by atoms with van der Waals surface area (Å²) in [7, 11) is 0. The molecule has 0 aliphatic carbocycles. The molecule has 0 bridgehead atoms. The lowest BCUT2D eigenvalue weighted by atomic mass is 10.1. The summed E-state index contributed by atoms with van der Waals surface area (Å²) in [5.41, 5.74) is 5.92. The molecule has 1 aromatic carbocycles. The molecule has 1 aliphatic rings. The van der Waals surface area contributed by atoms with E-state index in [0.717, 1.165) is 6.42 Å². The van der Waals surface area contributed by atoms with Crippen LogP contribution in [0.3, 0.4) is 0 Å². The normalized spacial score (nSPS) is 22.2. The summed E-state index contributed by atoms with van der Waals surface area (Å²) in [6.45, 7) is 3.18. The van der Waals surface area contributed by atoms with E-state index < -0.39 is 5.82 Å². The predicted molar refractivity (Wildman–Crippen MR) is 76.3 cm³/mol. The van der Waals surface area contributed by atoms with E-state index in [0.29, 0.717) is 24.6 Å². The van der Waals surface area contributed by atoms with Crippen molar-refractivity contribution in [3.8, 4) is 0 Å². The van der Waals surface area contributed by atoms with Crippen molar-refractivity contribution in [3.63, 3.8) is 0 Å². The van der Waals surface area contributed by atoms with Gasteiger partial charge >= 0.3 is 0 Å². The van der Waals surface area contributed by atoms with Gasteiger partial charge in [-0.25, -0.2) is 4.39 Å². The summed E-state index contributed by atoms with van der Waals surface area (Å²) in [6, 6.07) is 4.04. The molecule has 3 nitrogen and oxygen atoms in total. The molecule has 2 rings (SSSR count). The SMILES string of the molecule is CC1CC(CN)CN1C(=O)c1cc(F)cc(Cl)c1.Cl. The lowest BCUT2D eigenvalue weighted by Gasteiger charge is -2.21. The molecule has 1 saturated heterocycles. The van der Waals surface area contributed by atoms with Crippen LogP contribution < -0.4 is 5.73 Å². The first-order valence-corrected chi connectivity index (χ1v) is 6.36. The number of halogens is 3.